The first kappa shape index (κ1) is 17.9. The van der Waals surface area contributed by atoms with E-state index < -0.39 is 44.8 Å². The number of rotatable bonds is 3. The summed E-state index contributed by atoms with van der Waals surface area (Å²) in [5.74, 6) is -11.4. The molecule has 124 valence electrons. The van der Waals surface area contributed by atoms with Gasteiger partial charge in [0.2, 0.25) is 5.82 Å². The van der Waals surface area contributed by atoms with Gasteiger partial charge in [-0.05, 0) is 47.2 Å². The Morgan fingerprint density at radius 3 is 1.87 bits per heavy atom. The molecule has 0 amide bonds. The quantitative estimate of drug-likeness (QED) is 0.323. The topological polar surface area (TPSA) is 46.2 Å². The van der Waals surface area contributed by atoms with Gasteiger partial charge in [-0.3, -0.25) is 4.72 Å². The lowest BCUT2D eigenvalue weighted by Gasteiger charge is -2.12. The summed E-state index contributed by atoms with van der Waals surface area (Å²) in [4.78, 5) is -0.354. The Kier molecular flexibility index (Phi) is 4.85. The Morgan fingerprint density at radius 2 is 1.39 bits per heavy atom. The van der Waals surface area contributed by atoms with Crippen LogP contribution in [0.1, 0.15) is 5.56 Å². The largest absolute Gasteiger partial charge is 0.274 e. The summed E-state index contributed by atoms with van der Waals surface area (Å²) in [6, 6.07) is 4.06. The van der Waals surface area contributed by atoms with Crippen molar-refractivity contribution < 1.29 is 30.4 Å². The van der Waals surface area contributed by atoms with E-state index in [1.54, 1.807) is 29.5 Å². The molecule has 10 heteroatoms. The van der Waals surface area contributed by atoms with Gasteiger partial charge in [-0.25, -0.2) is 30.4 Å². The van der Waals surface area contributed by atoms with Crippen LogP contribution in [0.2, 0.25) is 0 Å². The molecule has 0 fully saturated rings. The fourth-order valence-corrected chi connectivity index (χ4v) is 4.37. The van der Waals surface area contributed by atoms with E-state index in [1.165, 1.54) is 16.9 Å². The lowest BCUT2D eigenvalue weighted by atomic mass is 10.2. The van der Waals surface area contributed by atoms with Crippen LogP contribution in [-0.2, 0) is 10.0 Å². The van der Waals surface area contributed by atoms with Crippen molar-refractivity contribution >= 4 is 38.3 Å². The van der Waals surface area contributed by atoms with Gasteiger partial charge in [0.15, 0.2) is 23.3 Å². The Labute approximate surface area is 141 Å². The third-order valence-corrected chi connectivity index (χ3v) is 5.49. The molecule has 1 N–H and O–H groups in total. The van der Waals surface area contributed by atoms with E-state index in [0.29, 0.717) is 0 Å². The van der Waals surface area contributed by atoms with Gasteiger partial charge in [-0.15, -0.1) is 0 Å². The van der Waals surface area contributed by atoms with Crippen LogP contribution in [0.25, 0.3) is 0 Å². The predicted octanol–water partition coefficient (Wildman–Crippen LogP) is 4.10. The van der Waals surface area contributed by atoms with E-state index in [4.69, 9.17) is 0 Å². The first-order chi connectivity index (χ1) is 10.6. The number of halogens is 6. The summed E-state index contributed by atoms with van der Waals surface area (Å²) in [6.07, 6.45) is 0. The first-order valence-electron chi connectivity index (χ1n) is 5.86. The molecular formula is C13H7F5INO2S. The van der Waals surface area contributed by atoms with Crippen LogP contribution in [0, 0.1) is 39.6 Å². The number of sulfonamides is 1. The van der Waals surface area contributed by atoms with Crippen LogP contribution in [0.4, 0.5) is 27.6 Å². The smallest absolute Gasteiger partial charge is 0.263 e. The van der Waals surface area contributed by atoms with Crippen LogP contribution < -0.4 is 4.72 Å². The Balaban J connectivity index is 2.58. The van der Waals surface area contributed by atoms with Gasteiger partial charge in [-0.1, -0.05) is 6.07 Å². The highest BCUT2D eigenvalue weighted by molar-refractivity contribution is 14.1. The monoisotopic (exact) mass is 463 g/mol. The van der Waals surface area contributed by atoms with E-state index in [0.717, 1.165) is 11.6 Å². The van der Waals surface area contributed by atoms with Crippen molar-refractivity contribution in [1.29, 1.82) is 0 Å². The van der Waals surface area contributed by atoms with Crippen LogP contribution >= 0.6 is 22.6 Å². The molecule has 0 heterocycles. The van der Waals surface area contributed by atoms with Crippen molar-refractivity contribution in [2.24, 2.45) is 0 Å². The molecule has 0 radical (unpaired) electrons. The molecule has 0 unspecified atom stereocenters. The zero-order valence-electron chi connectivity index (χ0n) is 11.2. The average Bonchev–Trinajstić information content (AvgIpc) is 2.47. The first-order valence-corrected chi connectivity index (χ1v) is 8.43. The maximum atomic E-state index is 13.6. The molecule has 2 aromatic rings. The Bertz CT molecular complexity index is 873. The number of hydrogen-bond donors (Lipinski definition) is 1. The molecule has 0 saturated carbocycles. The molecular weight excluding hydrogens is 456 g/mol. The number of hydrogen-bond acceptors (Lipinski definition) is 2. The van der Waals surface area contributed by atoms with Gasteiger partial charge >= 0.3 is 0 Å². The minimum atomic E-state index is -4.55. The van der Waals surface area contributed by atoms with Gasteiger partial charge in [-0.2, -0.15) is 0 Å². The third-order valence-electron chi connectivity index (χ3n) is 2.82. The summed E-state index contributed by atoms with van der Waals surface area (Å²) in [5.41, 5.74) is -0.901. The van der Waals surface area contributed by atoms with Gasteiger partial charge in [0.1, 0.15) is 10.6 Å². The van der Waals surface area contributed by atoms with Crippen molar-refractivity contribution in [1.82, 2.24) is 0 Å². The van der Waals surface area contributed by atoms with Crippen molar-refractivity contribution in [3.63, 3.8) is 0 Å². The van der Waals surface area contributed by atoms with Crippen molar-refractivity contribution in [3.05, 3.63) is 56.4 Å². The zero-order chi connectivity index (χ0) is 17.5. The highest BCUT2D eigenvalue weighted by atomic mass is 127. The number of nitrogens with one attached hydrogen (secondary N) is 1. The van der Waals surface area contributed by atoms with Crippen molar-refractivity contribution in [2.75, 3.05) is 4.72 Å². The van der Waals surface area contributed by atoms with Gasteiger partial charge in [0.05, 0.1) is 0 Å². The van der Waals surface area contributed by atoms with Crippen molar-refractivity contribution in [3.8, 4) is 0 Å². The van der Waals surface area contributed by atoms with E-state index in [1.807, 2.05) is 0 Å². The molecule has 0 spiro atoms. The SMILES string of the molecule is Cc1ccc(S(=O)(=O)Nc2c(F)c(F)c(F)c(F)c2F)c(I)c1. The fourth-order valence-electron chi connectivity index (χ4n) is 1.71. The van der Waals surface area contributed by atoms with Crippen molar-refractivity contribution in [2.45, 2.75) is 11.8 Å². The molecule has 23 heavy (non-hydrogen) atoms. The molecule has 0 atom stereocenters. The lowest BCUT2D eigenvalue weighted by Crippen LogP contribution is -2.18. The Morgan fingerprint density at radius 1 is 0.913 bits per heavy atom. The summed E-state index contributed by atoms with van der Waals surface area (Å²) in [7, 11) is -4.55. The van der Waals surface area contributed by atoms with Crippen LogP contribution in [0.3, 0.4) is 0 Å². The maximum Gasteiger partial charge on any atom is 0.263 e. The molecule has 0 bridgehead atoms. The number of anilines is 1. The van der Waals surface area contributed by atoms with Crippen LogP contribution in [0.5, 0.6) is 0 Å². The second-order valence-electron chi connectivity index (χ2n) is 4.48. The highest BCUT2D eigenvalue weighted by Gasteiger charge is 2.29. The fraction of sp³-hybridized carbons (Fsp3) is 0.0769. The second-order valence-corrected chi connectivity index (χ2v) is 7.30. The summed E-state index contributed by atoms with van der Waals surface area (Å²) < 4.78 is 92.3. The average molecular weight is 463 g/mol. The van der Waals surface area contributed by atoms with Gasteiger partial charge < -0.3 is 0 Å². The van der Waals surface area contributed by atoms with Crippen LogP contribution in [0.15, 0.2) is 23.1 Å². The molecule has 2 aromatic carbocycles. The maximum absolute atomic E-state index is 13.6. The van der Waals surface area contributed by atoms with Gasteiger partial charge in [0.25, 0.3) is 10.0 Å². The summed E-state index contributed by atoms with van der Waals surface area (Å²) in [5, 5.41) is 0. The number of aryl methyl sites for hydroxylation is 1. The normalized spacial score (nSPS) is 11.6. The molecule has 3 nitrogen and oxygen atoms in total. The highest BCUT2D eigenvalue weighted by Crippen LogP contribution is 2.30. The molecule has 0 aromatic heterocycles. The number of benzene rings is 2. The summed E-state index contributed by atoms with van der Waals surface area (Å²) in [6.45, 7) is 1.69. The van der Waals surface area contributed by atoms with E-state index in [9.17, 15) is 30.4 Å². The standard InChI is InChI=1S/C13H7F5INO2S/c1-5-2-3-7(6(19)4-5)23(21,22)20-13-11(17)9(15)8(14)10(16)12(13)18/h2-4,20H,1H3. The summed E-state index contributed by atoms with van der Waals surface area (Å²) >= 11 is 1.68. The van der Waals surface area contributed by atoms with Gasteiger partial charge in [0, 0.05) is 3.57 Å². The minimum Gasteiger partial charge on any atom is -0.274 e. The lowest BCUT2D eigenvalue weighted by molar-refractivity contribution is 0.382. The molecule has 0 saturated heterocycles. The van der Waals surface area contributed by atoms with E-state index >= 15 is 0 Å². The molecule has 0 aliphatic rings. The van der Waals surface area contributed by atoms with E-state index in [2.05, 4.69) is 0 Å². The molecule has 2 rings (SSSR count). The third kappa shape index (κ3) is 3.27. The molecule has 0 aliphatic heterocycles. The van der Waals surface area contributed by atoms with E-state index in [-0.39, 0.29) is 8.47 Å². The predicted molar refractivity (Wildman–Crippen MR) is 80.9 cm³/mol. The second kappa shape index (κ2) is 6.23. The minimum absolute atomic E-state index is 0.221. The molecule has 0 aliphatic carbocycles. The Hall–Kier alpha value is -1.43. The van der Waals surface area contributed by atoms with Crippen LogP contribution in [-0.4, -0.2) is 8.42 Å². The zero-order valence-corrected chi connectivity index (χ0v) is 14.2.